The number of nitrogens with one attached hydrogen (secondary N) is 1. The van der Waals surface area contributed by atoms with E-state index in [2.05, 4.69) is 21.5 Å². The van der Waals surface area contributed by atoms with Crippen LogP contribution < -0.4 is 32.2 Å². The molecule has 0 bridgehead atoms. The minimum Gasteiger partial charge on any atom is -0.494 e. The van der Waals surface area contributed by atoms with E-state index < -0.39 is 0 Å². The van der Waals surface area contributed by atoms with Crippen LogP contribution in [0.3, 0.4) is 0 Å². The smallest absolute Gasteiger partial charge is 0.218 e. The number of nitrogens with zero attached hydrogens (tertiary/aromatic N) is 2. The molecule has 0 saturated carbocycles. The summed E-state index contributed by atoms with van der Waals surface area (Å²) in [6, 6.07) is 18.0. The van der Waals surface area contributed by atoms with Gasteiger partial charge in [0.1, 0.15) is 11.5 Å². The zero-order chi connectivity index (χ0) is 27.5. The van der Waals surface area contributed by atoms with Gasteiger partial charge in [-0.15, -0.1) is 0 Å². The van der Waals surface area contributed by atoms with Gasteiger partial charge in [-0.3, -0.25) is 4.84 Å². The third-order valence-corrected chi connectivity index (χ3v) is 5.58. The molecule has 0 atom stereocenters. The highest BCUT2D eigenvalue weighted by molar-refractivity contribution is 5.82. The summed E-state index contributed by atoms with van der Waals surface area (Å²) in [4.78, 5) is 14.3. The van der Waals surface area contributed by atoms with Crippen LogP contribution in [-0.2, 0) is 17.7 Å². The molecule has 0 aliphatic rings. The molecule has 9 heteroatoms. The SMILES string of the molecule is CCONC(N)=Nc1cc(C)ccc1Cc1cc(OCC)cc(Cc2cccc(OCC)c2)c1N=C(N)N. The van der Waals surface area contributed by atoms with Gasteiger partial charge in [-0.05, 0) is 92.3 Å². The molecule has 9 nitrogen and oxygen atoms in total. The molecule has 3 rings (SSSR count). The van der Waals surface area contributed by atoms with E-state index in [1.54, 1.807) is 0 Å². The van der Waals surface area contributed by atoms with Crippen LogP contribution in [0.1, 0.15) is 48.6 Å². The van der Waals surface area contributed by atoms with E-state index in [0.29, 0.717) is 38.3 Å². The Balaban J connectivity index is 2.11. The largest absolute Gasteiger partial charge is 0.494 e. The maximum atomic E-state index is 6.04. The van der Waals surface area contributed by atoms with Gasteiger partial charge in [0.05, 0.1) is 31.2 Å². The third-order valence-electron chi connectivity index (χ3n) is 5.58. The molecule has 3 aromatic rings. The number of aryl methyl sites for hydroxylation is 1. The number of benzene rings is 3. The fraction of sp³-hybridized carbons (Fsp3) is 0.310. The van der Waals surface area contributed by atoms with Gasteiger partial charge in [0.25, 0.3) is 0 Å². The summed E-state index contributed by atoms with van der Waals surface area (Å²) in [7, 11) is 0. The van der Waals surface area contributed by atoms with Crippen molar-refractivity contribution in [3.8, 4) is 11.5 Å². The molecule has 0 spiro atoms. The second-order valence-electron chi connectivity index (χ2n) is 8.66. The molecule has 0 radical (unpaired) electrons. The molecule has 38 heavy (non-hydrogen) atoms. The number of nitrogens with two attached hydrogens (primary N) is 3. The van der Waals surface area contributed by atoms with Crippen molar-refractivity contribution in [3.63, 3.8) is 0 Å². The van der Waals surface area contributed by atoms with E-state index in [9.17, 15) is 0 Å². The molecule has 0 aliphatic carbocycles. The zero-order valence-electron chi connectivity index (χ0n) is 22.6. The number of rotatable bonds is 12. The number of hydroxylamine groups is 1. The standard InChI is InChI=1S/C29H38N6O3/c1-5-36-24-10-8-9-20(15-24)14-22-17-25(37-6-2)18-23(27(22)34-28(30)31)16-21-12-11-19(4)13-26(21)33-29(32)35-38-7-3/h8-13,15,17-18H,5-7,14,16H2,1-4H3,(H4,30,31,34)(H3,32,33,35). The van der Waals surface area contributed by atoms with E-state index >= 15 is 0 Å². The summed E-state index contributed by atoms with van der Waals surface area (Å²) < 4.78 is 11.6. The fourth-order valence-electron chi connectivity index (χ4n) is 4.08. The minimum absolute atomic E-state index is 0.0213. The van der Waals surface area contributed by atoms with Gasteiger partial charge in [-0.2, -0.15) is 0 Å². The number of hydrogen-bond acceptors (Lipinski definition) is 5. The normalized spacial score (nSPS) is 11.2. The summed E-state index contributed by atoms with van der Waals surface area (Å²) in [6.07, 6.45) is 1.09. The molecular weight excluding hydrogens is 480 g/mol. The van der Waals surface area contributed by atoms with E-state index in [1.807, 2.05) is 76.2 Å². The monoisotopic (exact) mass is 518 g/mol. The molecule has 0 aliphatic heterocycles. The summed E-state index contributed by atoms with van der Waals surface area (Å²) in [5.74, 6) is 1.70. The van der Waals surface area contributed by atoms with Gasteiger partial charge >= 0.3 is 0 Å². The Kier molecular flexibility index (Phi) is 10.4. The van der Waals surface area contributed by atoms with Gasteiger partial charge < -0.3 is 26.7 Å². The van der Waals surface area contributed by atoms with E-state index in [4.69, 9.17) is 31.5 Å². The number of guanidine groups is 2. The highest BCUT2D eigenvalue weighted by Gasteiger charge is 2.16. The van der Waals surface area contributed by atoms with Gasteiger partial charge in [-0.25, -0.2) is 15.5 Å². The first kappa shape index (κ1) is 28.3. The van der Waals surface area contributed by atoms with Crippen LogP contribution >= 0.6 is 0 Å². The third kappa shape index (κ3) is 8.14. The van der Waals surface area contributed by atoms with Crippen molar-refractivity contribution < 1.29 is 14.3 Å². The molecule has 3 aromatic carbocycles. The Morgan fingerprint density at radius 3 is 2.16 bits per heavy atom. The average molecular weight is 519 g/mol. The molecule has 0 heterocycles. The van der Waals surface area contributed by atoms with Crippen molar-refractivity contribution in [1.29, 1.82) is 0 Å². The maximum Gasteiger partial charge on any atom is 0.218 e. The quantitative estimate of drug-likeness (QED) is 0.158. The van der Waals surface area contributed by atoms with E-state index in [-0.39, 0.29) is 11.9 Å². The second kappa shape index (κ2) is 13.9. The Morgan fingerprint density at radius 1 is 0.763 bits per heavy atom. The Bertz CT molecular complexity index is 1290. The van der Waals surface area contributed by atoms with Crippen LogP contribution in [0, 0.1) is 6.92 Å². The van der Waals surface area contributed by atoms with Crippen LogP contribution in [0.4, 0.5) is 11.4 Å². The fourth-order valence-corrected chi connectivity index (χ4v) is 4.08. The topological polar surface area (TPSA) is 142 Å². The maximum absolute atomic E-state index is 6.04. The molecule has 0 saturated heterocycles. The Labute approximate surface area is 224 Å². The van der Waals surface area contributed by atoms with Crippen molar-refractivity contribution in [2.75, 3.05) is 19.8 Å². The van der Waals surface area contributed by atoms with Crippen LogP contribution in [0.25, 0.3) is 0 Å². The number of aliphatic imine (C=N–C) groups is 2. The predicted octanol–water partition coefficient (Wildman–Crippen LogP) is 4.37. The van der Waals surface area contributed by atoms with Crippen molar-refractivity contribution in [2.24, 2.45) is 27.2 Å². The highest BCUT2D eigenvalue weighted by Crippen LogP contribution is 2.35. The molecular formula is C29H38N6O3. The highest BCUT2D eigenvalue weighted by atomic mass is 16.6. The Hall–Kier alpha value is -4.24. The summed E-state index contributed by atoms with van der Waals surface area (Å²) in [5.41, 5.74) is 26.8. The first-order chi connectivity index (χ1) is 18.3. The summed E-state index contributed by atoms with van der Waals surface area (Å²) in [6.45, 7) is 9.36. The van der Waals surface area contributed by atoms with E-state index in [1.165, 1.54) is 0 Å². The molecule has 7 N–H and O–H groups in total. The molecule has 202 valence electrons. The number of hydrogen-bond donors (Lipinski definition) is 4. The van der Waals surface area contributed by atoms with Gasteiger partial charge in [0, 0.05) is 6.42 Å². The lowest BCUT2D eigenvalue weighted by Crippen LogP contribution is -2.31. The summed E-state index contributed by atoms with van der Waals surface area (Å²) in [5, 5.41) is 0. The number of ether oxygens (including phenoxy) is 2. The van der Waals surface area contributed by atoms with Crippen molar-refractivity contribution >= 4 is 23.3 Å². The predicted molar refractivity (Wildman–Crippen MR) is 154 cm³/mol. The van der Waals surface area contributed by atoms with Crippen molar-refractivity contribution in [2.45, 2.75) is 40.5 Å². The molecule has 0 fully saturated rings. The van der Waals surface area contributed by atoms with Gasteiger partial charge in [0.15, 0.2) is 5.96 Å². The van der Waals surface area contributed by atoms with Crippen LogP contribution in [0.2, 0.25) is 0 Å². The van der Waals surface area contributed by atoms with Crippen LogP contribution in [0.15, 0.2) is 64.6 Å². The molecule has 0 unspecified atom stereocenters. The lowest BCUT2D eigenvalue weighted by Gasteiger charge is -2.17. The average Bonchev–Trinajstić information content (AvgIpc) is 2.87. The van der Waals surface area contributed by atoms with Crippen LogP contribution in [-0.4, -0.2) is 31.7 Å². The molecule has 0 aromatic heterocycles. The lowest BCUT2D eigenvalue weighted by atomic mass is 9.95. The Morgan fingerprint density at radius 2 is 1.47 bits per heavy atom. The summed E-state index contributed by atoms with van der Waals surface area (Å²) >= 11 is 0. The van der Waals surface area contributed by atoms with Crippen LogP contribution in [0.5, 0.6) is 11.5 Å². The van der Waals surface area contributed by atoms with Gasteiger partial charge in [0.2, 0.25) is 5.96 Å². The minimum atomic E-state index is -0.0213. The second-order valence-corrected chi connectivity index (χ2v) is 8.66. The molecule has 0 amide bonds. The lowest BCUT2D eigenvalue weighted by molar-refractivity contribution is 0.0960. The van der Waals surface area contributed by atoms with E-state index in [0.717, 1.165) is 45.0 Å². The first-order valence-electron chi connectivity index (χ1n) is 12.7. The first-order valence-corrected chi connectivity index (χ1v) is 12.7. The zero-order valence-corrected chi connectivity index (χ0v) is 22.6. The van der Waals surface area contributed by atoms with Crippen molar-refractivity contribution in [3.05, 3.63) is 82.4 Å². The van der Waals surface area contributed by atoms with Gasteiger partial charge in [-0.1, -0.05) is 24.3 Å². The van der Waals surface area contributed by atoms with Crippen molar-refractivity contribution in [1.82, 2.24) is 5.48 Å².